The summed E-state index contributed by atoms with van der Waals surface area (Å²) in [5, 5.41) is 17.9. The van der Waals surface area contributed by atoms with Gasteiger partial charge in [-0.2, -0.15) is 0 Å². The first kappa shape index (κ1) is 29.2. The van der Waals surface area contributed by atoms with Crippen molar-refractivity contribution in [2.75, 3.05) is 13.2 Å². The van der Waals surface area contributed by atoms with Gasteiger partial charge in [-0.3, -0.25) is 9.59 Å². The molecule has 0 aliphatic heterocycles. The quantitative estimate of drug-likeness (QED) is 0.397. The molecule has 0 radical (unpaired) electrons. The Labute approximate surface area is 205 Å². The minimum atomic E-state index is -0.760. The zero-order chi connectivity index (χ0) is 16.5. The Morgan fingerprint density at radius 3 is 1.35 bits per heavy atom. The smallest absolute Gasteiger partial charge is 1.00 e. The fourth-order valence-corrected chi connectivity index (χ4v) is 1.86. The Bertz CT molecular complexity index is 328. The van der Waals surface area contributed by atoms with Gasteiger partial charge >= 0.3 is 87.4 Å². The molecule has 0 aliphatic carbocycles. The summed E-state index contributed by atoms with van der Waals surface area (Å²) >= 11 is 0. The predicted molar refractivity (Wildman–Crippen MR) is 97.3 cm³/mol. The van der Waals surface area contributed by atoms with E-state index in [1.165, 1.54) is 0 Å². The number of unbranched alkanes of at least 4 members (excludes halogenated alkanes) is 2. The number of hydrogen-bond acceptors (Lipinski definition) is 3. The van der Waals surface area contributed by atoms with Crippen LogP contribution in [0.5, 0.6) is 0 Å². The van der Waals surface area contributed by atoms with Crippen LogP contribution in [-0.2, 0) is 14.3 Å². The third kappa shape index (κ3) is 14.3. The van der Waals surface area contributed by atoms with E-state index < -0.39 is 22.8 Å². The van der Waals surface area contributed by atoms with Gasteiger partial charge in [-0.1, -0.05) is 12.8 Å². The fraction of sp³-hybridized carbons (Fsp3) is 0.875. The molecular formula is C16H34Ca2O5. The zero-order valence-corrected chi connectivity index (χ0v) is 19.6. The molecule has 0 saturated carbocycles. The van der Waals surface area contributed by atoms with Crippen LogP contribution in [0, 0.1) is 10.8 Å². The van der Waals surface area contributed by atoms with Crippen molar-refractivity contribution in [1.82, 2.24) is 0 Å². The second kappa shape index (κ2) is 14.6. The summed E-state index contributed by atoms with van der Waals surface area (Å²) in [7, 11) is 0. The molecule has 7 heteroatoms. The largest absolute Gasteiger partial charge is 2.00 e. The van der Waals surface area contributed by atoms with Crippen molar-refractivity contribution in [1.29, 1.82) is 0 Å². The molecule has 0 aliphatic rings. The van der Waals surface area contributed by atoms with E-state index in [0.29, 0.717) is 26.1 Å². The normalized spacial score (nSPS) is 11.3. The number of rotatable bonds is 12. The van der Waals surface area contributed by atoms with Crippen LogP contribution in [0.1, 0.15) is 71.9 Å². The Balaban J connectivity index is -0.000000133. The summed E-state index contributed by atoms with van der Waals surface area (Å²) in [6.45, 7) is 8.22. The molecule has 5 nitrogen and oxygen atoms in total. The topological polar surface area (TPSA) is 83.8 Å². The van der Waals surface area contributed by atoms with Crippen LogP contribution >= 0.6 is 0 Å². The Morgan fingerprint density at radius 2 is 1.09 bits per heavy atom. The number of carbonyl (C=O) groups is 2. The van der Waals surface area contributed by atoms with E-state index in [2.05, 4.69) is 0 Å². The van der Waals surface area contributed by atoms with Gasteiger partial charge in [-0.05, 0) is 53.4 Å². The van der Waals surface area contributed by atoms with Gasteiger partial charge in [0.25, 0.3) is 0 Å². The summed E-state index contributed by atoms with van der Waals surface area (Å²) in [6.07, 6.45) is 4.70. The van der Waals surface area contributed by atoms with Gasteiger partial charge < -0.3 is 20.7 Å². The minimum Gasteiger partial charge on any atom is -1.00 e. The number of carboxylic acids is 2. The van der Waals surface area contributed by atoms with Crippen molar-refractivity contribution >= 4 is 87.4 Å². The first-order valence-electron chi connectivity index (χ1n) is 7.64. The molecule has 0 aromatic rings. The summed E-state index contributed by atoms with van der Waals surface area (Å²) < 4.78 is 5.49. The molecule has 2 N–H and O–H groups in total. The van der Waals surface area contributed by atoms with Crippen molar-refractivity contribution < 1.29 is 30.2 Å². The first-order chi connectivity index (χ1) is 9.59. The van der Waals surface area contributed by atoms with Gasteiger partial charge in [0.05, 0.1) is 10.8 Å². The van der Waals surface area contributed by atoms with E-state index in [4.69, 9.17) is 14.9 Å². The summed E-state index contributed by atoms with van der Waals surface area (Å²) in [4.78, 5) is 21.8. The van der Waals surface area contributed by atoms with Crippen LogP contribution in [0.15, 0.2) is 0 Å². The van der Waals surface area contributed by atoms with Gasteiger partial charge in [-0.25, -0.2) is 0 Å². The van der Waals surface area contributed by atoms with Gasteiger partial charge in [0.2, 0.25) is 0 Å². The van der Waals surface area contributed by atoms with Crippen LogP contribution in [-0.4, -0.2) is 111 Å². The van der Waals surface area contributed by atoms with Gasteiger partial charge in [-0.15, -0.1) is 0 Å². The Morgan fingerprint density at radius 1 is 0.783 bits per heavy atom. The third-order valence-electron chi connectivity index (χ3n) is 3.84. The Kier molecular flexibility index (Phi) is 18.5. The van der Waals surface area contributed by atoms with E-state index in [9.17, 15) is 9.59 Å². The maximum atomic E-state index is 10.9. The molecule has 0 atom stereocenters. The average Bonchev–Trinajstić information content (AvgIpc) is 2.36. The third-order valence-corrected chi connectivity index (χ3v) is 3.84. The van der Waals surface area contributed by atoms with E-state index >= 15 is 0 Å². The standard InChI is InChI=1S/C16H30O5.2Ca.4H/c1-15(2,13(17)18)9-5-7-11-21-12-8-6-10-16(3,4)14(19)20;;;;;;/h5-12H2,1-4H3,(H,17,18)(H,19,20);;;;;;/q;2*+2;4*-1. The SMILES string of the molecule is CC(C)(CCCCOCCCCC(C)(C)C(=O)O)C(=O)O.[Ca+2].[Ca+2].[H-].[H-].[H-].[H-]. The van der Waals surface area contributed by atoms with Crippen LogP contribution in [0.25, 0.3) is 0 Å². The minimum absolute atomic E-state index is 0. The maximum Gasteiger partial charge on any atom is 2.00 e. The second-order valence-electron chi connectivity index (χ2n) is 6.90. The van der Waals surface area contributed by atoms with E-state index in [1.54, 1.807) is 27.7 Å². The van der Waals surface area contributed by atoms with Crippen molar-refractivity contribution in [3.8, 4) is 0 Å². The Hall–Kier alpha value is 1.42. The van der Waals surface area contributed by atoms with E-state index in [0.717, 1.165) is 25.7 Å². The molecular weight excluding hydrogens is 352 g/mol. The zero-order valence-electron chi connectivity index (χ0n) is 19.2. The van der Waals surface area contributed by atoms with Crippen LogP contribution in [0.3, 0.4) is 0 Å². The summed E-state index contributed by atoms with van der Waals surface area (Å²) in [5.41, 5.74) is -1.33. The molecule has 132 valence electrons. The van der Waals surface area contributed by atoms with Gasteiger partial charge in [0.1, 0.15) is 0 Å². The molecule has 0 rings (SSSR count). The van der Waals surface area contributed by atoms with Crippen LogP contribution < -0.4 is 0 Å². The molecule has 0 saturated heterocycles. The van der Waals surface area contributed by atoms with E-state index in [-0.39, 0.29) is 81.2 Å². The molecule has 23 heavy (non-hydrogen) atoms. The number of carboxylic acid groups (broad SMARTS) is 2. The second-order valence-corrected chi connectivity index (χ2v) is 6.90. The molecule has 0 spiro atoms. The van der Waals surface area contributed by atoms with Gasteiger partial charge in [0.15, 0.2) is 0 Å². The number of aliphatic carboxylic acids is 2. The van der Waals surface area contributed by atoms with Crippen molar-refractivity contribution in [2.24, 2.45) is 10.8 Å². The number of ether oxygens (including phenoxy) is 1. The summed E-state index contributed by atoms with van der Waals surface area (Å²) in [5.74, 6) is -1.52. The summed E-state index contributed by atoms with van der Waals surface area (Å²) in [6, 6.07) is 0. The fourth-order valence-electron chi connectivity index (χ4n) is 1.86. The van der Waals surface area contributed by atoms with E-state index in [1.807, 2.05) is 0 Å². The van der Waals surface area contributed by atoms with Crippen LogP contribution in [0.2, 0.25) is 0 Å². The van der Waals surface area contributed by atoms with Crippen molar-refractivity contribution in [3.05, 3.63) is 0 Å². The van der Waals surface area contributed by atoms with Gasteiger partial charge in [0, 0.05) is 13.2 Å². The molecule has 0 aromatic carbocycles. The molecule has 0 fully saturated rings. The molecule has 0 aromatic heterocycles. The molecule has 0 amide bonds. The van der Waals surface area contributed by atoms with Crippen molar-refractivity contribution in [2.45, 2.75) is 66.2 Å². The molecule has 0 bridgehead atoms. The predicted octanol–water partition coefficient (Wildman–Crippen LogP) is 3.25. The average molecular weight is 387 g/mol. The number of hydrogen-bond donors (Lipinski definition) is 2. The molecule has 0 heterocycles. The van der Waals surface area contributed by atoms with Crippen LogP contribution in [0.4, 0.5) is 0 Å². The monoisotopic (exact) mass is 386 g/mol. The van der Waals surface area contributed by atoms with Crippen molar-refractivity contribution in [3.63, 3.8) is 0 Å². The first-order valence-corrected chi connectivity index (χ1v) is 7.64. The molecule has 0 unspecified atom stereocenters. The maximum absolute atomic E-state index is 10.9.